The summed E-state index contributed by atoms with van der Waals surface area (Å²) >= 11 is 5.55. The van der Waals surface area contributed by atoms with Gasteiger partial charge in [0.2, 0.25) is 5.91 Å². The smallest absolute Gasteiger partial charge is 0.417 e. The number of carbonyl (C=O) groups excluding carboxylic acids is 4. The number of hydrogen-bond donors (Lipinski definition) is 1. The highest BCUT2D eigenvalue weighted by molar-refractivity contribution is 6.31. The minimum absolute atomic E-state index is 0.122. The van der Waals surface area contributed by atoms with Crippen molar-refractivity contribution in [1.29, 1.82) is 0 Å². The number of hydrogen-bond acceptors (Lipinski definition) is 5. The zero-order valence-electron chi connectivity index (χ0n) is 17.9. The maximum absolute atomic E-state index is 12.9. The molecule has 0 saturated heterocycles. The van der Waals surface area contributed by atoms with E-state index in [-0.39, 0.29) is 23.3 Å². The van der Waals surface area contributed by atoms with Gasteiger partial charge in [-0.15, -0.1) is 0 Å². The number of likely N-dealkylation sites (N-methyl/N-ethyl adjacent to an activating group) is 1. The number of anilines is 1. The van der Waals surface area contributed by atoms with Crippen molar-refractivity contribution in [2.75, 3.05) is 25.5 Å². The molecule has 2 saturated carbocycles. The molecule has 0 heterocycles. The van der Waals surface area contributed by atoms with Crippen molar-refractivity contribution in [3.8, 4) is 0 Å². The first-order valence-electron chi connectivity index (χ1n) is 10.6. The van der Waals surface area contributed by atoms with Crippen LogP contribution in [0.4, 0.5) is 18.9 Å². The molecule has 11 heteroatoms. The molecule has 1 aromatic rings. The van der Waals surface area contributed by atoms with Crippen molar-refractivity contribution in [3.05, 3.63) is 28.8 Å². The summed E-state index contributed by atoms with van der Waals surface area (Å²) in [7, 11) is 1.31. The average Bonchev–Trinajstić information content (AvgIpc) is 2.72. The van der Waals surface area contributed by atoms with Gasteiger partial charge < -0.3 is 15.0 Å². The molecule has 2 aliphatic carbocycles. The molecule has 2 amide bonds. The number of rotatable bonds is 6. The summed E-state index contributed by atoms with van der Waals surface area (Å²) in [6.07, 6.45) is -1.30. The van der Waals surface area contributed by atoms with Gasteiger partial charge in [-0.2, -0.15) is 13.2 Å². The maximum atomic E-state index is 12.9. The molecule has 7 nitrogen and oxygen atoms in total. The Hall–Kier alpha value is -2.62. The zero-order chi connectivity index (χ0) is 24.3. The Morgan fingerprint density at radius 2 is 1.82 bits per heavy atom. The molecule has 2 fully saturated rings. The van der Waals surface area contributed by atoms with Crippen LogP contribution < -0.4 is 5.32 Å². The molecule has 2 atom stereocenters. The summed E-state index contributed by atoms with van der Waals surface area (Å²) in [5.41, 5.74) is -1.21. The van der Waals surface area contributed by atoms with Crippen molar-refractivity contribution in [2.45, 2.75) is 38.3 Å². The monoisotopic (exact) mass is 488 g/mol. The molecule has 2 aliphatic rings. The van der Waals surface area contributed by atoms with E-state index in [4.69, 9.17) is 16.3 Å². The van der Waals surface area contributed by atoms with E-state index in [1.165, 1.54) is 13.1 Å². The van der Waals surface area contributed by atoms with Crippen LogP contribution in [0.2, 0.25) is 5.02 Å². The van der Waals surface area contributed by atoms with Crippen LogP contribution in [0.5, 0.6) is 0 Å². The van der Waals surface area contributed by atoms with E-state index in [0.29, 0.717) is 18.9 Å². The largest absolute Gasteiger partial charge is 0.455 e. The Bertz CT molecular complexity index is 936. The maximum Gasteiger partial charge on any atom is 0.417 e. The fourth-order valence-electron chi connectivity index (χ4n) is 4.36. The Labute approximate surface area is 193 Å². The van der Waals surface area contributed by atoms with Crippen molar-refractivity contribution in [2.24, 2.45) is 17.8 Å². The van der Waals surface area contributed by atoms with Crippen LogP contribution >= 0.6 is 11.6 Å². The van der Waals surface area contributed by atoms with Crippen LogP contribution in [-0.2, 0) is 30.1 Å². The van der Waals surface area contributed by atoms with E-state index in [1.54, 1.807) is 0 Å². The molecule has 1 N–H and O–H groups in total. The number of benzene rings is 1. The molecule has 2 bridgehead atoms. The molecular formula is C22H24ClF3N2O5. The lowest BCUT2D eigenvalue weighted by atomic mass is 9.67. The van der Waals surface area contributed by atoms with Crippen molar-refractivity contribution in [1.82, 2.24) is 4.90 Å². The third-order valence-corrected chi connectivity index (χ3v) is 6.41. The van der Waals surface area contributed by atoms with E-state index in [2.05, 4.69) is 5.32 Å². The van der Waals surface area contributed by atoms with Gasteiger partial charge in [-0.3, -0.25) is 19.2 Å². The molecule has 0 unspecified atom stereocenters. The van der Waals surface area contributed by atoms with Crippen LogP contribution in [0.25, 0.3) is 0 Å². The van der Waals surface area contributed by atoms with E-state index in [0.717, 1.165) is 30.2 Å². The first-order valence-corrected chi connectivity index (χ1v) is 10.9. The number of ether oxygens (including phenoxy) is 1. The topological polar surface area (TPSA) is 92.8 Å². The van der Waals surface area contributed by atoms with Crippen LogP contribution in [0.15, 0.2) is 18.2 Å². The highest BCUT2D eigenvalue weighted by Crippen LogP contribution is 2.40. The fourth-order valence-corrected chi connectivity index (χ4v) is 4.58. The predicted octanol–water partition coefficient (Wildman–Crippen LogP) is 3.69. The van der Waals surface area contributed by atoms with Gasteiger partial charge in [-0.25, -0.2) is 0 Å². The minimum atomic E-state index is -4.68. The predicted molar refractivity (Wildman–Crippen MR) is 112 cm³/mol. The molecule has 0 spiro atoms. The molecule has 3 rings (SSSR count). The number of nitrogens with zero attached hydrogens (tertiary/aromatic N) is 1. The van der Waals surface area contributed by atoms with Gasteiger partial charge in [-0.05, 0) is 43.9 Å². The van der Waals surface area contributed by atoms with Crippen LogP contribution in [0.1, 0.15) is 37.7 Å². The summed E-state index contributed by atoms with van der Waals surface area (Å²) in [5, 5.41) is 1.78. The highest BCUT2D eigenvalue weighted by atomic mass is 35.5. The number of alkyl halides is 3. The number of nitrogens with one attached hydrogen (secondary N) is 1. The lowest BCUT2D eigenvalue weighted by molar-refractivity contribution is -0.158. The lowest BCUT2D eigenvalue weighted by Crippen LogP contribution is -2.41. The van der Waals surface area contributed by atoms with E-state index in [9.17, 15) is 32.3 Å². The van der Waals surface area contributed by atoms with Gasteiger partial charge in [0.1, 0.15) is 5.78 Å². The second kappa shape index (κ2) is 10.1. The second-order valence-corrected chi connectivity index (χ2v) is 8.90. The van der Waals surface area contributed by atoms with Gasteiger partial charge >= 0.3 is 12.1 Å². The fraction of sp³-hybridized carbons (Fsp3) is 0.545. The molecule has 180 valence electrons. The number of ketones is 1. The summed E-state index contributed by atoms with van der Waals surface area (Å²) in [6.45, 7) is -1.02. The Morgan fingerprint density at radius 1 is 1.18 bits per heavy atom. The van der Waals surface area contributed by atoms with Crippen LogP contribution in [-0.4, -0.2) is 48.7 Å². The van der Waals surface area contributed by atoms with Gasteiger partial charge in [-0.1, -0.05) is 18.0 Å². The van der Waals surface area contributed by atoms with Gasteiger partial charge in [0.05, 0.1) is 23.0 Å². The Morgan fingerprint density at radius 3 is 2.42 bits per heavy atom. The zero-order valence-corrected chi connectivity index (χ0v) is 18.7. The number of halogens is 4. The Kier molecular flexibility index (Phi) is 7.66. The molecule has 0 radical (unpaired) electrons. The lowest BCUT2D eigenvalue weighted by Gasteiger charge is -2.36. The molecular weight excluding hydrogens is 465 g/mol. The normalized spacial score (nSPS) is 22.5. The van der Waals surface area contributed by atoms with Crippen molar-refractivity contribution in [3.63, 3.8) is 0 Å². The summed E-state index contributed by atoms with van der Waals surface area (Å²) in [4.78, 5) is 49.9. The summed E-state index contributed by atoms with van der Waals surface area (Å²) in [6, 6.07) is 2.93. The molecule has 0 aliphatic heterocycles. The summed E-state index contributed by atoms with van der Waals surface area (Å²) in [5.74, 6) is -2.36. The third kappa shape index (κ3) is 6.25. The highest BCUT2D eigenvalue weighted by Gasteiger charge is 2.42. The van der Waals surface area contributed by atoms with Crippen LogP contribution in [0, 0.1) is 17.8 Å². The molecule has 33 heavy (non-hydrogen) atoms. The number of amides is 2. The third-order valence-electron chi connectivity index (χ3n) is 6.08. The quantitative estimate of drug-likeness (QED) is 0.616. The van der Waals surface area contributed by atoms with Gasteiger partial charge in [0.25, 0.3) is 5.91 Å². The number of carbonyl (C=O) groups is 4. The second-order valence-electron chi connectivity index (χ2n) is 8.49. The SMILES string of the molecule is CN(CC(=O)Nc1ccc(Cl)c(C(F)(F)F)c1)C(=O)COC(=O)C1C[C@H]2CCC[C@H](C1)C2=O. The van der Waals surface area contributed by atoms with Gasteiger partial charge in [0.15, 0.2) is 6.61 Å². The minimum Gasteiger partial charge on any atom is -0.455 e. The van der Waals surface area contributed by atoms with E-state index >= 15 is 0 Å². The Balaban J connectivity index is 1.47. The molecule has 1 aromatic carbocycles. The van der Waals surface area contributed by atoms with E-state index < -0.39 is 53.6 Å². The van der Waals surface area contributed by atoms with E-state index in [1.807, 2.05) is 0 Å². The average molecular weight is 489 g/mol. The van der Waals surface area contributed by atoms with Crippen LogP contribution in [0.3, 0.4) is 0 Å². The number of Topliss-reactive ketones (excluding diaryl/α,β-unsaturated/α-hetero) is 1. The molecule has 0 aromatic heterocycles. The first-order chi connectivity index (χ1) is 15.5. The number of fused-ring (bicyclic) bond motifs is 2. The van der Waals surface area contributed by atoms with Gasteiger partial charge in [0, 0.05) is 24.6 Å². The number of esters is 1. The van der Waals surface area contributed by atoms with Crippen molar-refractivity contribution < 1.29 is 37.1 Å². The summed E-state index contributed by atoms with van der Waals surface area (Å²) < 4.78 is 44.0. The standard InChI is InChI=1S/C22H24ClF3N2O5/c1-28(10-18(29)27-15-5-6-17(23)16(9-15)22(24,25)26)19(30)11-33-21(32)14-7-12-3-2-4-13(8-14)20(12)31/h5-6,9,12-14H,2-4,7-8,10-11H2,1H3,(H,27,29)/t12-,13-/m1/s1. The van der Waals surface area contributed by atoms with Crippen molar-refractivity contribution >= 4 is 40.9 Å². The first kappa shape index (κ1) is 25.0.